The number of hydrogen-bond acceptors (Lipinski definition) is 8. The van der Waals surface area contributed by atoms with E-state index in [-0.39, 0.29) is 5.70 Å². The van der Waals surface area contributed by atoms with E-state index in [9.17, 15) is 14.7 Å². The van der Waals surface area contributed by atoms with E-state index in [4.69, 9.17) is 0 Å². The number of carbonyl (C=O) groups is 2. The maximum absolute atomic E-state index is 11.8. The van der Waals surface area contributed by atoms with Crippen molar-refractivity contribution in [2.45, 2.75) is 6.10 Å². The number of ether oxygens (including phenoxy) is 2. The number of benzene rings is 1. The van der Waals surface area contributed by atoms with Crippen molar-refractivity contribution in [1.29, 1.82) is 0 Å². The van der Waals surface area contributed by atoms with Crippen LogP contribution in [0.3, 0.4) is 0 Å². The maximum atomic E-state index is 11.8. The number of piperazine rings is 1. The zero-order valence-electron chi connectivity index (χ0n) is 16.0. The van der Waals surface area contributed by atoms with Crippen LogP contribution in [0.25, 0.3) is 0 Å². The number of carbonyl (C=O) groups excluding carboxylic acids is 2. The van der Waals surface area contributed by atoms with Crippen LogP contribution in [0.1, 0.15) is 11.7 Å². The summed E-state index contributed by atoms with van der Waals surface area (Å²) in [6, 6.07) is 7.04. The molecule has 1 aliphatic rings. The van der Waals surface area contributed by atoms with Crippen molar-refractivity contribution < 1.29 is 24.2 Å². The van der Waals surface area contributed by atoms with E-state index in [0.717, 1.165) is 37.8 Å². The number of likely N-dealkylation sites (N-methyl/N-ethyl adjacent to an activating group) is 1. The van der Waals surface area contributed by atoms with Gasteiger partial charge in [-0.1, -0.05) is 12.1 Å². The molecule has 0 saturated carbocycles. The van der Waals surface area contributed by atoms with Gasteiger partial charge in [-0.15, -0.1) is 0 Å². The highest BCUT2D eigenvalue weighted by Gasteiger charge is 2.18. The minimum Gasteiger partial charge on any atom is -0.466 e. The summed E-state index contributed by atoms with van der Waals surface area (Å²) < 4.78 is 9.20. The highest BCUT2D eigenvalue weighted by atomic mass is 16.5. The van der Waals surface area contributed by atoms with Crippen LogP contribution in [0.2, 0.25) is 0 Å². The first-order chi connectivity index (χ1) is 12.9. The summed E-state index contributed by atoms with van der Waals surface area (Å²) in [7, 11) is 4.55. The Morgan fingerprint density at radius 3 is 2.33 bits per heavy atom. The smallest absolute Gasteiger partial charge is 0.354 e. The van der Waals surface area contributed by atoms with Gasteiger partial charge in [0, 0.05) is 38.4 Å². The van der Waals surface area contributed by atoms with Gasteiger partial charge in [0.05, 0.1) is 26.4 Å². The second-order valence-corrected chi connectivity index (χ2v) is 6.44. The minimum atomic E-state index is -0.681. The van der Waals surface area contributed by atoms with Gasteiger partial charge in [-0.3, -0.25) is 4.90 Å². The zero-order valence-corrected chi connectivity index (χ0v) is 16.0. The monoisotopic (exact) mass is 377 g/mol. The molecule has 1 unspecified atom stereocenters. The lowest BCUT2D eigenvalue weighted by atomic mass is 10.1. The number of β-amino-alcohol motifs (C(OH)–C–C–N with tert-alkyl or cyclic N) is 1. The molecular weight excluding hydrogens is 350 g/mol. The number of esters is 2. The van der Waals surface area contributed by atoms with Gasteiger partial charge < -0.3 is 24.8 Å². The molecule has 8 heteroatoms. The summed E-state index contributed by atoms with van der Waals surface area (Å²) in [5, 5.41) is 13.3. The molecule has 2 rings (SSSR count). The van der Waals surface area contributed by atoms with Crippen LogP contribution in [0.4, 0.5) is 5.69 Å². The molecule has 0 spiro atoms. The molecule has 0 radical (unpaired) electrons. The molecule has 1 saturated heterocycles. The lowest BCUT2D eigenvalue weighted by molar-refractivity contribution is -0.138. The molecule has 1 aromatic carbocycles. The van der Waals surface area contributed by atoms with E-state index in [2.05, 4.69) is 31.6 Å². The van der Waals surface area contributed by atoms with Gasteiger partial charge in [0.2, 0.25) is 0 Å². The van der Waals surface area contributed by atoms with Crippen LogP contribution in [-0.4, -0.2) is 80.8 Å². The molecule has 0 bridgehead atoms. The Bertz CT molecular complexity index is 666. The number of aliphatic hydroxyl groups excluding tert-OH is 1. The van der Waals surface area contributed by atoms with E-state index in [0.29, 0.717) is 12.2 Å². The first-order valence-corrected chi connectivity index (χ1v) is 8.77. The largest absolute Gasteiger partial charge is 0.466 e. The quantitative estimate of drug-likeness (QED) is 0.528. The first-order valence-electron chi connectivity index (χ1n) is 8.77. The lowest BCUT2D eigenvalue weighted by Gasteiger charge is -2.33. The van der Waals surface area contributed by atoms with Gasteiger partial charge in [-0.25, -0.2) is 9.59 Å². The summed E-state index contributed by atoms with van der Waals surface area (Å²) >= 11 is 0. The Hall–Kier alpha value is -2.42. The summed E-state index contributed by atoms with van der Waals surface area (Å²) in [6.07, 6.45) is 0.440. The summed E-state index contributed by atoms with van der Waals surface area (Å²) in [5.74, 6) is -1.35. The summed E-state index contributed by atoms with van der Waals surface area (Å²) in [5.41, 5.74) is 1.34. The Morgan fingerprint density at radius 2 is 1.78 bits per heavy atom. The van der Waals surface area contributed by atoms with E-state index in [1.165, 1.54) is 14.2 Å². The number of nitrogens with zero attached hydrogens (tertiary/aromatic N) is 2. The molecule has 1 aromatic rings. The van der Waals surface area contributed by atoms with Gasteiger partial charge in [0.25, 0.3) is 0 Å². The van der Waals surface area contributed by atoms with Crippen molar-refractivity contribution in [2.24, 2.45) is 0 Å². The fourth-order valence-corrected chi connectivity index (χ4v) is 2.76. The molecule has 0 amide bonds. The van der Waals surface area contributed by atoms with E-state index < -0.39 is 18.0 Å². The predicted molar refractivity (Wildman–Crippen MR) is 101 cm³/mol. The van der Waals surface area contributed by atoms with E-state index in [1.54, 1.807) is 24.3 Å². The third-order valence-electron chi connectivity index (χ3n) is 4.47. The number of rotatable bonds is 7. The van der Waals surface area contributed by atoms with Gasteiger partial charge in [-0.05, 0) is 24.7 Å². The molecule has 1 aliphatic heterocycles. The van der Waals surface area contributed by atoms with Crippen LogP contribution in [-0.2, 0) is 19.1 Å². The number of methoxy groups -OCH3 is 2. The molecule has 1 heterocycles. The van der Waals surface area contributed by atoms with Gasteiger partial charge in [-0.2, -0.15) is 0 Å². The van der Waals surface area contributed by atoms with Crippen LogP contribution in [0, 0.1) is 0 Å². The minimum absolute atomic E-state index is 0.0323. The van der Waals surface area contributed by atoms with Crippen LogP contribution in [0.15, 0.2) is 36.0 Å². The maximum Gasteiger partial charge on any atom is 0.354 e. The molecule has 8 nitrogen and oxygen atoms in total. The zero-order chi connectivity index (χ0) is 19.8. The molecular formula is C19H27N3O5. The predicted octanol–water partition coefficient (Wildman–Crippen LogP) is 0.609. The standard InChI is InChI=1S/C19H27N3O5/c1-21-8-10-22(11-9-21)13-17(23)14-4-6-15(7-5-14)20-16(19(25)27-3)12-18(24)26-2/h4-7,12,17,20,23H,8-11,13H2,1-3H3/b16-12+. The Balaban J connectivity index is 1.99. The van der Waals surface area contributed by atoms with Crippen LogP contribution >= 0.6 is 0 Å². The molecule has 1 atom stereocenters. The molecule has 0 aromatic heterocycles. The fraction of sp³-hybridized carbons (Fsp3) is 0.474. The van der Waals surface area contributed by atoms with Crippen LogP contribution < -0.4 is 5.32 Å². The molecule has 27 heavy (non-hydrogen) atoms. The Labute approximate surface area is 159 Å². The number of anilines is 1. The Morgan fingerprint density at radius 1 is 1.15 bits per heavy atom. The number of hydrogen-bond donors (Lipinski definition) is 2. The second kappa shape index (κ2) is 10.1. The van der Waals surface area contributed by atoms with Crippen molar-refractivity contribution in [2.75, 3.05) is 59.3 Å². The Kier molecular flexibility index (Phi) is 7.78. The number of aliphatic hydroxyl groups is 1. The van der Waals surface area contributed by atoms with Crippen molar-refractivity contribution in [1.82, 2.24) is 9.80 Å². The van der Waals surface area contributed by atoms with Crippen molar-refractivity contribution >= 4 is 17.6 Å². The molecule has 0 aliphatic carbocycles. The van der Waals surface area contributed by atoms with Gasteiger partial charge in [0.15, 0.2) is 0 Å². The lowest BCUT2D eigenvalue weighted by Crippen LogP contribution is -2.45. The highest BCUT2D eigenvalue weighted by molar-refractivity contribution is 5.98. The second-order valence-electron chi connectivity index (χ2n) is 6.44. The summed E-state index contributed by atoms with van der Waals surface area (Å²) in [4.78, 5) is 27.7. The first kappa shape index (κ1) is 20.9. The average molecular weight is 377 g/mol. The average Bonchev–Trinajstić information content (AvgIpc) is 2.68. The third-order valence-corrected chi connectivity index (χ3v) is 4.47. The number of nitrogens with one attached hydrogen (secondary N) is 1. The van der Waals surface area contributed by atoms with Gasteiger partial charge in [0.1, 0.15) is 5.70 Å². The SMILES string of the molecule is COC(=O)/C=C(/Nc1ccc(C(O)CN2CCN(C)CC2)cc1)C(=O)OC. The normalized spacial score (nSPS) is 17.3. The van der Waals surface area contributed by atoms with Crippen molar-refractivity contribution in [3.05, 3.63) is 41.6 Å². The van der Waals surface area contributed by atoms with Crippen LogP contribution in [0.5, 0.6) is 0 Å². The topological polar surface area (TPSA) is 91.3 Å². The molecule has 2 N–H and O–H groups in total. The van der Waals surface area contributed by atoms with E-state index >= 15 is 0 Å². The third kappa shape index (κ3) is 6.35. The van der Waals surface area contributed by atoms with Crippen molar-refractivity contribution in [3.63, 3.8) is 0 Å². The van der Waals surface area contributed by atoms with Gasteiger partial charge >= 0.3 is 11.9 Å². The van der Waals surface area contributed by atoms with E-state index in [1.807, 2.05) is 0 Å². The summed E-state index contributed by atoms with van der Waals surface area (Å²) in [6.45, 7) is 4.45. The fourth-order valence-electron chi connectivity index (χ4n) is 2.76. The van der Waals surface area contributed by atoms with Crippen molar-refractivity contribution in [3.8, 4) is 0 Å². The molecule has 1 fully saturated rings. The molecule has 148 valence electrons. The highest BCUT2D eigenvalue weighted by Crippen LogP contribution is 2.19.